The average Bonchev–Trinajstić information content (AvgIpc) is 2.68. The Kier molecular flexibility index (Phi) is 8.59. The van der Waals surface area contributed by atoms with Gasteiger partial charge in [0.1, 0.15) is 0 Å². The predicted molar refractivity (Wildman–Crippen MR) is 74.6 cm³/mol. The first-order chi connectivity index (χ1) is 8.75. The second kappa shape index (κ2) is 9.73. The molecule has 108 valence electrons. The summed E-state index contributed by atoms with van der Waals surface area (Å²) in [6.07, 6.45) is 8.65. The lowest BCUT2D eigenvalue weighted by molar-refractivity contribution is 0.0419. The van der Waals surface area contributed by atoms with E-state index in [1.165, 1.54) is 44.9 Å². The molecule has 1 aliphatic rings. The van der Waals surface area contributed by atoms with E-state index < -0.39 is 6.10 Å². The number of nitrogens with one attached hydrogen (secondary N) is 1. The molecule has 0 aromatic carbocycles. The smallest absolute Gasteiger partial charge is 0.0987 e. The van der Waals surface area contributed by atoms with Crippen LogP contribution in [0, 0.1) is 0 Å². The quantitative estimate of drug-likeness (QED) is 0.518. The van der Waals surface area contributed by atoms with Gasteiger partial charge >= 0.3 is 0 Å². The number of aliphatic hydroxyl groups is 1. The van der Waals surface area contributed by atoms with Crippen LogP contribution in [0.5, 0.6) is 0 Å². The molecular weight excluding hydrogens is 228 g/mol. The molecule has 4 N–H and O–H groups in total. The molecule has 1 rings (SSSR count). The molecule has 0 aromatic rings. The Morgan fingerprint density at radius 1 is 1.17 bits per heavy atom. The van der Waals surface area contributed by atoms with E-state index >= 15 is 0 Å². The highest BCUT2D eigenvalue weighted by Gasteiger charge is 2.32. The lowest BCUT2D eigenvalue weighted by Gasteiger charge is -2.15. The molecular formula is C14H30N2O2. The van der Waals surface area contributed by atoms with E-state index in [1.807, 2.05) is 0 Å². The van der Waals surface area contributed by atoms with Crippen molar-refractivity contribution in [2.75, 3.05) is 19.7 Å². The standard InChI is InChI=1S/C14H30N2O2/c1-2-3-4-5-6-7-8-9-16-10-13-14(17)12(15)11-18-13/h12-14,16-17H,2-11,15H2,1H3/t12-,13-,14-/m0/s1. The fourth-order valence-electron chi connectivity index (χ4n) is 2.34. The maximum atomic E-state index is 9.69. The lowest BCUT2D eigenvalue weighted by Crippen LogP contribution is -2.41. The van der Waals surface area contributed by atoms with Gasteiger partial charge in [0.15, 0.2) is 0 Å². The molecule has 1 heterocycles. The van der Waals surface area contributed by atoms with Crippen molar-refractivity contribution >= 4 is 0 Å². The summed E-state index contributed by atoms with van der Waals surface area (Å²) in [4.78, 5) is 0. The second-order valence-electron chi connectivity index (χ2n) is 5.35. The highest BCUT2D eigenvalue weighted by Crippen LogP contribution is 2.11. The van der Waals surface area contributed by atoms with Crippen molar-refractivity contribution in [2.45, 2.75) is 70.1 Å². The first-order valence-corrected chi connectivity index (χ1v) is 7.51. The van der Waals surface area contributed by atoms with Crippen LogP contribution in [0.15, 0.2) is 0 Å². The molecule has 1 fully saturated rings. The molecule has 0 aliphatic carbocycles. The molecule has 0 unspecified atom stereocenters. The summed E-state index contributed by atoms with van der Waals surface area (Å²) >= 11 is 0. The highest BCUT2D eigenvalue weighted by atomic mass is 16.5. The molecule has 0 bridgehead atoms. The van der Waals surface area contributed by atoms with Crippen LogP contribution in [0.2, 0.25) is 0 Å². The SMILES string of the molecule is CCCCCCCCCNC[C@@H]1OC[C@H](N)[C@@H]1O. The Hall–Kier alpha value is -0.160. The van der Waals surface area contributed by atoms with E-state index in [0.717, 1.165) is 6.54 Å². The van der Waals surface area contributed by atoms with Crippen LogP contribution in [0.1, 0.15) is 51.9 Å². The third-order valence-corrected chi connectivity index (χ3v) is 3.62. The summed E-state index contributed by atoms with van der Waals surface area (Å²) in [5.41, 5.74) is 5.68. The summed E-state index contributed by atoms with van der Waals surface area (Å²) in [5.74, 6) is 0. The van der Waals surface area contributed by atoms with Gasteiger partial charge in [-0.05, 0) is 13.0 Å². The maximum absolute atomic E-state index is 9.69. The van der Waals surface area contributed by atoms with Gasteiger partial charge in [0.2, 0.25) is 0 Å². The molecule has 4 nitrogen and oxygen atoms in total. The molecule has 0 radical (unpaired) electrons. The van der Waals surface area contributed by atoms with Gasteiger partial charge in [-0.3, -0.25) is 0 Å². The van der Waals surface area contributed by atoms with Gasteiger partial charge in [0.05, 0.1) is 24.9 Å². The second-order valence-corrected chi connectivity index (χ2v) is 5.35. The lowest BCUT2D eigenvalue weighted by atomic mass is 10.1. The van der Waals surface area contributed by atoms with Gasteiger partial charge in [-0.2, -0.15) is 0 Å². The van der Waals surface area contributed by atoms with Gasteiger partial charge in [0.25, 0.3) is 0 Å². The summed E-state index contributed by atoms with van der Waals surface area (Å²) in [5, 5.41) is 13.0. The van der Waals surface area contributed by atoms with Crippen molar-refractivity contribution in [1.29, 1.82) is 0 Å². The summed E-state index contributed by atoms with van der Waals surface area (Å²) in [7, 11) is 0. The third kappa shape index (κ3) is 6.14. The van der Waals surface area contributed by atoms with Crippen molar-refractivity contribution in [3.63, 3.8) is 0 Å². The zero-order valence-electron chi connectivity index (χ0n) is 11.7. The van der Waals surface area contributed by atoms with Gasteiger partial charge in [-0.15, -0.1) is 0 Å². The molecule has 0 spiro atoms. The predicted octanol–water partition coefficient (Wildman–Crippen LogP) is 1.41. The van der Waals surface area contributed by atoms with Crippen LogP contribution < -0.4 is 11.1 Å². The van der Waals surface area contributed by atoms with Crippen molar-refractivity contribution in [3.8, 4) is 0 Å². The van der Waals surface area contributed by atoms with Gasteiger partial charge < -0.3 is 20.9 Å². The monoisotopic (exact) mass is 258 g/mol. The maximum Gasteiger partial charge on any atom is 0.0987 e. The van der Waals surface area contributed by atoms with Crippen LogP contribution in [-0.4, -0.2) is 43.1 Å². The van der Waals surface area contributed by atoms with E-state index in [4.69, 9.17) is 10.5 Å². The minimum absolute atomic E-state index is 0.121. The number of hydrogen-bond donors (Lipinski definition) is 3. The first kappa shape index (κ1) is 15.9. The normalized spacial score (nSPS) is 27.8. The van der Waals surface area contributed by atoms with Crippen molar-refractivity contribution in [1.82, 2.24) is 5.32 Å². The molecule has 0 aromatic heterocycles. The van der Waals surface area contributed by atoms with Gasteiger partial charge in [0, 0.05) is 6.54 Å². The van der Waals surface area contributed by atoms with Crippen molar-refractivity contribution in [3.05, 3.63) is 0 Å². The minimum Gasteiger partial charge on any atom is -0.389 e. The summed E-state index contributed by atoms with van der Waals surface area (Å²) in [6, 6.07) is -0.213. The Labute approximate surface area is 111 Å². The van der Waals surface area contributed by atoms with Crippen LogP contribution in [0.25, 0.3) is 0 Å². The largest absolute Gasteiger partial charge is 0.389 e. The summed E-state index contributed by atoms with van der Waals surface area (Å²) < 4.78 is 5.41. The number of aliphatic hydroxyl groups excluding tert-OH is 1. The Morgan fingerprint density at radius 3 is 2.44 bits per heavy atom. The van der Waals surface area contributed by atoms with Gasteiger partial charge in [-0.25, -0.2) is 0 Å². The van der Waals surface area contributed by atoms with Crippen molar-refractivity contribution < 1.29 is 9.84 Å². The van der Waals surface area contributed by atoms with Crippen LogP contribution >= 0.6 is 0 Å². The molecule has 0 saturated carbocycles. The molecule has 1 aliphatic heterocycles. The first-order valence-electron chi connectivity index (χ1n) is 7.51. The molecule has 3 atom stereocenters. The topological polar surface area (TPSA) is 67.5 Å². The zero-order chi connectivity index (χ0) is 13.2. The number of unbranched alkanes of at least 4 members (excludes halogenated alkanes) is 6. The number of rotatable bonds is 10. The van der Waals surface area contributed by atoms with E-state index in [-0.39, 0.29) is 12.1 Å². The van der Waals surface area contributed by atoms with E-state index in [0.29, 0.717) is 13.2 Å². The molecule has 1 saturated heterocycles. The fourth-order valence-corrected chi connectivity index (χ4v) is 2.34. The van der Waals surface area contributed by atoms with Crippen LogP contribution in [-0.2, 0) is 4.74 Å². The third-order valence-electron chi connectivity index (χ3n) is 3.62. The molecule has 0 amide bonds. The molecule has 18 heavy (non-hydrogen) atoms. The Balaban J connectivity index is 1.84. The highest BCUT2D eigenvalue weighted by molar-refractivity contribution is 4.87. The zero-order valence-corrected chi connectivity index (χ0v) is 11.7. The minimum atomic E-state index is -0.508. The fraction of sp³-hybridized carbons (Fsp3) is 1.00. The number of ether oxygens (including phenoxy) is 1. The summed E-state index contributed by atoms with van der Waals surface area (Å²) in [6.45, 7) is 4.45. The van der Waals surface area contributed by atoms with E-state index in [9.17, 15) is 5.11 Å². The van der Waals surface area contributed by atoms with Gasteiger partial charge in [-0.1, -0.05) is 45.4 Å². The Morgan fingerprint density at radius 2 is 1.83 bits per heavy atom. The van der Waals surface area contributed by atoms with Crippen LogP contribution in [0.4, 0.5) is 0 Å². The van der Waals surface area contributed by atoms with Crippen molar-refractivity contribution in [2.24, 2.45) is 5.73 Å². The Bertz CT molecular complexity index is 202. The molecule has 4 heteroatoms. The van der Waals surface area contributed by atoms with E-state index in [2.05, 4.69) is 12.2 Å². The number of hydrogen-bond acceptors (Lipinski definition) is 4. The average molecular weight is 258 g/mol. The van der Waals surface area contributed by atoms with Crippen LogP contribution in [0.3, 0.4) is 0 Å². The van der Waals surface area contributed by atoms with E-state index in [1.54, 1.807) is 0 Å². The number of nitrogens with two attached hydrogens (primary N) is 1.